The number of carbonyl (C=O) groups is 3. The van der Waals surface area contributed by atoms with Crippen LogP contribution in [0.15, 0.2) is 29.8 Å². The normalized spacial score (nSPS) is 19.0. The molecule has 214 valence electrons. The predicted octanol–water partition coefficient (Wildman–Crippen LogP) is 3.31. The van der Waals surface area contributed by atoms with E-state index < -0.39 is 23.6 Å². The smallest absolute Gasteiger partial charge is 0.246 e. The number of nitrogens with zero attached hydrogens (tertiary/aromatic N) is 2. The highest BCUT2D eigenvalue weighted by Gasteiger charge is 2.44. The number of amides is 3. The minimum Gasteiger partial charge on any atom is -0.391 e. The average molecular weight is 558 g/mol. The zero-order valence-corrected chi connectivity index (χ0v) is 24.5. The fourth-order valence-corrected chi connectivity index (χ4v) is 5.67. The maximum atomic E-state index is 13.7. The van der Waals surface area contributed by atoms with Crippen LogP contribution in [0.5, 0.6) is 0 Å². The largest absolute Gasteiger partial charge is 0.391 e. The Morgan fingerprint density at radius 1 is 1.15 bits per heavy atom. The van der Waals surface area contributed by atoms with Crippen LogP contribution in [0.3, 0.4) is 0 Å². The van der Waals surface area contributed by atoms with Gasteiger partial charge in [0.2, 0.25) is 17.7 Å². The standard InChI is InChI=1S/C29H43N5O4S/c1-18(20-10-12-21(13-11-20)25-19(2)31-17-39-25)32-27(37)23-15-22(35)16-34(23)28(38)26(29(3,4)5)33-24(36)9-7-6-8-14-30/h10-13,17-18,22-23,26,35H,6-9,14-16,30H2,1-5H3,(H,32,37)(H,33,36)/t18-,22+,23-,26?/m0/s1. The van der Waals surface area contributed by atoms with Gasteiger partial charge in [-0.05, 0) is 49.8 Å². The van der Waals surface area contributed by atoms with Gasteiger partial charge in [0, 0.05) is 19.4 Å². The molecule has 1 aliphatic rings. The van der Waals surface area contributed by atoms with Gasteiger partial charge in [-0.25, -0.2) is 4.98 Å². The second-order valence-corrected chi connectivity index (χ2v) is 12.3. The lowest BCUT2D eigenvalue weighted by atomic mass is 9.85. The van der Waals surface area contributed by atoms with Crippen LogP contribution in [0.1, 0.15) is 77.1 Å². The number of unbranched alkanes of at least 4 members (excludes halogenated alkanes) is 2. The Hall–Kier alpha value is -2.82. The van der Waals surface area contributed by atoms with Crippen LogP contribution in [0.25, 0.3) is 10.4 Å². The van der Waals surface area contributed by atoms with Gasteiger partial charge in [-0.1, -0.05) is 51.5 Å². The van der Waals surface area contributed by atoms with Gasteiger partial charge >= 0.3 is 0 Å². The van der Waals surface area contributed by atoms with Gasteiger partial charge in [0.15, 0.2) is 0 Å². The van der Waals surface area contributed by atoms with Crippen LogP contribution in [0.4, 0.5) is 0 Å². The number of nitrogens with two attached hydrogens (primary N) is 1. The molecule has 0 radical (unpaired) electrons. The summed E-state index contributed by atoms with van der Waals surface area (Å²) in [5.41, 5.74) is 9.76. The highest BCUT2D eigenvalue weighted by Crippen LogP contribution is 2.29. The van der Waals surface area contributed by atoms with Crippen molar-refractivity contribution in [3.8, 4) is 10.4 Å². The molecular formula is C29H43N5O4S. The number of benzene rings is 1. The van der Waals surface area contributed by atoms with Gasteiger partial charge in [0.1, 0.15) is 12.1 Å². The fraction of sp³-hybridized carbons (Fsp3) is 0.586. The zero-order valence-electron chi connectivity index (χ0n) is 23.7. The summed E-state index contributed by atoms with van der Waals surface area (Å²) in [6.07, 6.45) is 2.05. The van der Waals surface area contributed by atoms with Gasteiger partial charge < -0.3 is 26.4 Å². The van der Waals surface area contributed by atoms with E-state index in [1.807, 2.05) is 64.4 Å². The number of hydrogen-bond acceptors (Lipinski definition) is 7. The molecule has 3 amide bonds. The molecule has 3 rings (SSSR count). The third kappa shape index (κ3) is 8.09. The van der Waals surface area contributed by atoms with Crippen molar-refractivity contribution in [3.05, 3.63) is 41.0 Å². The number of nitrogens with one attached hydrogen (secondary N) is 2. The Kier molecular flexibility index (Phi) is 10.6. The first kappa shape index (κ1) is 30.7. The quantitative estimate of drug-likeness (QED) is 0.313. The molecule has 1 saturated heterocycles. The molecular weight excluding hydrogens is 514 g/mol. The summed E-state index contributed by atoms with van der Waals surface area (Å²) in [5, 5.41) is 16.3. The SMILES string of the molecule is Cc1ncsc1-c1ccc([C@H](C)NC(=O)[C@@H]2C[C@@H](O)CN2C(=O)C(NC(=O)CCCCCN)C(C)(C)C)cc1. The van der Waals surface area contributed by atoms with E-state index in [2.05, 4.69) is 15.6 Å². The molecule has 1 fully saturated rings. The van der Waals surface area contributed by atoms with E-state index in [1.54, 1.807) is 11.3 Å². The molecule has 0 bridgehead atoms. The molecule has 2 aromatic rings. The van der Waals surface area contributed by atoms with E-state index in [0.29, 0.717) is 19.4 Å². The summed E-state index contributed by atoms with van der Waals surface area (Å²) in [7, 11) is 0. The molecule has 0 spiro atoms. The molecule has 10 heteroatoms. The number of aliphatic hydroxyl groups is 1. The summed E-state index contributed by atoms with van der Waals surface area (Å²) in [4.78, 5) is 46.5. The molecule has 1 unspecified atom stereocenters. The van der Waals surface area contributed by atoms with Gasteiger partial charge in [-0.3, -0.25) is 14.4 Å². The zero-order chi connectivity index (χ0) is 28.7. The van der Waals surface area contributed by atoms with Crippen molar-refractivity contribution in [2.24, 2.45) is 11.1 Å². The Balaban J connectivity index is 1.68. The number of aliphatic hydroxyl groups excluding tert-OH is 1. The maximum Gasteiger partial charge on any atom is 0.246 e. The van der Waals surface area contributed by atoms with E-state index in [-0.39, 0.29) is 36.7 Å². The molecule has 0 saturated carbocycles. The van der Waals surface area contributed by atoms with Crippen molar-refractivity contribution in [2.45, 2.75) is 91.0 Å². The Morgan fingerprint density at radius 2 is 1.85 bits per heavy atom. The summed E-state index contributed by atoms with van der Waals surface area (Å²) in [6.45, 7) is 10.1. The van der Waals surface area contributed by atoms with E-state index in [9.17, 15) is 19.5 Å². The number of carbonyl (C=O) groups excluding carboxylic acids is 3. The van der Waals surface area contributed by atoms with Crippen molar-refractivity contribution < 1.29 is 19.5 Å². The summed E-state index contributed by atoms with van der Waals surface area (Å²) in [5.74, 6) is -0.881. The van der Waals surface area contributed by atoms with Crippen molar-refractivity contribution in [1.82, 2.24) is 20.5 Å². The highest BCUT2D eigenvalue weighted by molar-refractivity contribution is 7.13. The first-order valence-electron chi connectivity index (χ1n) is 13.7. The summed E-state index contributed by atoms with van der Waals surface area (Å²) < 4.78 is 0. The second-order valence-electron chi connectivity index (χ2n) is 11.5. The van der Waals surface area contributed by atoms with Crippen LogP contribution in [-0.4, -0.2) is 64.0 Å². The van der Waals surface area contributed by atoms with Crippen LogP contribution in [0, 0.1) is 12.3 Å². The van der Waals surface area contributed by atoms with Crippen LogP contribution in [-0.2, 0) is 14.4 Å². The summed E-state index contributed by atoms with van der Waals surface area (Å²) in [6, 6.07) is 6.05. The molecule has 5 N–H and O–H groups in total. The molecule has 0 aliphatic carbocycles. The second kappa shape index (κ2) is 13.5. The lowest BCUT2D eigenvalue weighted by molar-refractivity contribution is -0.144. The third-order valence-corrected chi connectivity index (χ3v) is 8.15. The lowest BCUT2D eigenvalue weighted by Gasteiger charge is -2.35. The first-order chi connectivity index (χ1) is 18.4. The lowest BCUT2D eigenvalue weighted by Crippen LogP contribution is -2.57. The number of β-amino-alcohol motifs (C(OH)–C–C–N with tert-alkyl or cyclic N) is 1. The van der Waals surface area contributed by atoms with Gasteiger partial charge in [0.25, 0.3) is 0 Å². The Morgan fingerprint density at radius 3 is 2.44 bits per heavy atom. The minimum atomic E-state index is -0.819. The van der Waals surface area contributed by atoms with Crippen molar-refractivity contribution in [1.29, 1.82) is 0 Å². The Bertz CT molecular complexity index is 1130. The molecule has 1 aliphatic heterocycles. The molecule has 1 aromatic carbocycles. The van der Waals surface area contributed by atoms with Gasteiger partial charge in [-0.2, -0.15) is 0 Å². The first-order valence-corrected chi connectivity index (χ1v) is 14.6. The number of aromatic nitrogens is 1. The average Bonchev–Trinajstić information content (AvgIpc) is 3.49. The number of thiazole rings is 1. The minimum absolute atomic E-state index is 0.0488. The number of rotatable bonds is 11. The van der Waals surface area contributed by atoms with Crippen molar-refractivity contribution in [3.63, 3.8) is 0 Å². The maximum absolute atomic E-state index is 13.7. The topological polar surface area (TPSA) is 138 Å². The highest BCUT2D eigenvalue weighted by atomic mass is 32.1. The van der Waals surface area contributed by atoms with Crippen LogP contribution >= 0.6 is 11.3 Å². The predicted molar refractivity (Wildman–Crippen MR) is 154 cm³/mol. The monoisotopic (exact) mass is 557 g/mol. The Labute approximate surface area is 235 Å². The summed E-state index contributed by atoms with van der Waals surface area (Å²) >= 11 is 1.59. The van der Waals surface area contributed by atoms with Gasteiger partial charge in [0.05, 0.1) is 28.2 Å². The van der Waals surface area contributed by atoms with E-state index in [1.165, 1.54) is 4.90 Å². The molecule has 4 atom stereocenters. The number of likely N-dealkylation sites (tertiary alicyclic amines) is 1. The molecule has 1 aromatic heterocycles. The number of aryl methyl sites for hydroxylation is 1. The van der Waals surface area contributed by atoms with Gasteiger partial charge in [-0.15, -0.1) is 11.3 Å². The van der Waals surface area contributed by atoms with Crippen molar-refractivity contribution in [2.75, 3.05) is 13.1 Å². The molecule has 9 nitrogen and oxygen atoms in total. The molecule has 39 heavy (non-hydrogen) atoms. The van der Waals surface area contributed by atoms with E-state index >= 15 is 0 Å². The fourth-order valence-electron chi connectivity index (χ4n) is 4.86. The third-order valence-electron chi connectivity index (χ3n) is 7.17. The van der Waals surface area contributed by atoms with Crippen LogP contribution < -0.4 is 16.4 Å². The van der Waals surface area contributed by atoms with Crippen molar-refractivity contribution >= 4 is 29.1 Å². The van der Waals surface area contributed by atoms with Crippen LogP contribution in [0.2, 0.25) is 0 Å². The van der Waals surface area contributed by atoms with E-state index in [4.69, 9.17) is 5.73 Å². The van der Waals surface area contributed by atoms with E-state index in [0.717, 1.165) is 34.5 Å². The molecule has 2 heterocycles. The number of hydrogen-bond donors (Lipinski definition) is 4.